The number of alkyl halides is 1. The molecule has 0 bridgehead atoms. The number of para-hydroxylation sites is 1. The van der Waals surface area contributed by atoms with Crippen LogP contribution in [0.1, 0.15) is 28.8 Å². The second-order valence-corrected chi connectivity index (χ2v) is 6.67. The number of fused-ring (bicyclic) bond motifs is 1. The first-order chi connectivity index (χ1) is 9.56. The minimum absolute atomic E-state index is 0.181. The van der Waals surface area contributed by atoms with E-state index < -0.39 is 0 Å². The van der Waals surface area contributed by atoms with Crippen LogP contribution in [0.4, 0.5) is 0 Å². The van der Waals surface area contributed by atoms with Crippen LogP contribution < -0.4 is 0 Å². The zero-order chi connectivity index (χ0) is 14.3. The molecule has 20 heavy (non-hydrogen) atoms. The van der Waals surface area contributed by atoms with Gasteiger partial charge in [-0.25, -0.2) is 9.97 Å². The van der Waals surface area contributed by atoms with Gasteiger partial charge in [0.1, 0.15) is 16.3 Å². The van der Waals surface area contributed by atoms with Crippen molar-refractivity contribution in [3.63, 3.8) is 0 Å². The van der Waals surface area contributed by atoms with E-state index in [1.807, 2.05) is 37.4 Å². The molecule has 0 aliphatic heterocycles. The van der Waals surface area contributed by atoms with E-state index in [9.17, 15) is 0 Å². The molecular weight excluding hydrogens is 313 g/mol. The summed E-state index contributed by atoms with van der Waals surface area (Å²) in [5.41, 5.74) is 2.82. The van der Waals surface area contributed by atoms with Crippen LogP contribution in [0.3, 0.4) is 0 Å². The van der Waals surface area contributed by atoms with Crippen LogP contribution >= 0.6 is 34.5 Å². The number of imidazole rings is 1. The summed E-state index contributed by atoms with van der Waals surface area (Å²) in [6.07, 6.45) is 0. The van der Waals surface area contributed by atoms with E-state index >= 15 is 0 Å². The molecule has 0 fully saturated rings. The van der Waals surface area contributed by atoms with Crippen LogP contribution in [0.2, 0.25) is 5.02 Å². The van der Waals surface area contributed by atoms with E-state index in [1.54, 1.807) is 11.3 Å². The van der Waals surface area contributed by atoms with Crippen LogP contribution in [0.5, 0.6) is 0 Å². The molecule has 1 atom stereocenters. The number of halogens is 2. The molecule has 3 nitrogen and oxygen atoms in total. The Morgan fingerprint density at radius 1 is 1.35 bits per heavy atom. The van der Waals surface area contributed by atoms with Gasteiger partial charge in [0.25, 0.3) is 0 Å². The Bertz CT molecular complexity index is 761. The largest absolute Gasteiger partial charge is 0.320 e. The summed E-state index contributed by atoms with van der Waals surface area (Å²) in [6.45, 7) is 4.58. The number of rotatable bonds is 3. The van der Waals surface area contributed by atoms with Crippen molar-refractivity contribution in [3.05, 3.63) is 45.1 Å². The number of aryl methyl sites for hydroxylation is 1. The van der Waals surface area contributed by atoms with Crippen molar-refractivity contribution in [1.82, 2.24) is 14.5 Å². The normalized spacial score (nSPS) is 13.0. The molecule has 1 aromatic carbocycles. The van der Waals surface area contributed by atoms with E-state index in [-0.39, 0.29) is 5.38 Å². The monoisotopic (exact) mass is 325 g/mol. The van der Waals surface area contributed by atoms with Crippen LogP contribution in [0.25, 0.3) is 11.0 Å². The average molecular weight is 326 g/mol. The zero-order valence-corrected chi connectivity index (χ0v) is 13.4. The van der Waals surface area contributed by atoms with Gasteiger partial charge < -0.3 is 4.57 Å². The van der Waals surface area contributed by atoms with Crippen molar-refractivity contribution < 1.29 is 0 Å². The molecule has 2 aromatic heterocycles. The lowest BCUT2D eigenvalue weighted by Crippen LogP contribution is -2.05. The fourth-order valence-corrected chi connectivity index (χ4v) is 3.35. The van der Waals surface area contributed by atoms with Gasteiger partial charge in [0.05, 0.1) is 22.5 Å². The van der Waals surface area contributed by atoms with Gasteiger partial charge in [-0.3, -0.25) is 0 Å². The third kappa shape index (κ3) is 2.43. The van der Waals surface area contributed by atoms with E-state index in [0.717, 1.165) is 27.6 Å². The molecule has 0 amide bonds. The van der Waals surface area contributed by atoms with E-state index in [1.165, 1.54) is 0 Å². The van der Waals surface area contributed by atoms with Gasteiger partial charge in [-0.15, -0.1) is 22.9 Å². The average Bonchev–Trinajstić information content (AvgIpc) is 2.96. The Kier molecular flexibility index (Phi) is 3.71. The maximum Gasteiger partial charge on any atom is 0.128 e. The van der Waals surface area contributed by atoms with Crippen LogP contribution in [0.15, 0.2) is 23.6 Å². The summed E-state index contributed by atoms with van der Waals surface area (Å²) in [4.78, 5) is 9.10. The summed E-state index contributed by atoms with van der Waals surface area (Å²) in [7, 11) is 0. The van der Waals surface area contributed by atoms with Gasteiger partial charge >= 0.3 is 0 Å². The molecule has 0 aliphatic rings. The molecule has 0 saturated carbocycles. The first-order valence-electron chi connectivity index (χ1n) is 6.26. The fourth-order valence-electron chi connectivity index (χ4n) is 2.21. The molecule has 0 spiro atoms. The maximum atomic E-state index is 6.26. The summed E-state index contributed by atoms with van der Waals surface area (Å²) < 4.78 is 2.09. The van der Waals surface area contributed by atoms with Crippen molar-refractivity contribution in [1.29, 1.82) is 0 Å². The molecule has 104 valence electrons. The summed E-state index contributed by atoms with van der Waals surface area (Å²) in [6, 6.07) is 5.79. The number of nitrogens with zero attached hydrogens (tertiary/aromatic N) is 3. The van der Waals surface area contributed by atoms with E-state index in [2.05, 4.69) is 14.5 Å². The lowest BCUT2D eigenvalue weighted by Gasteiger charge is -2.08. The molecule has 0 saturated heterocycles. The van der Waals surface area contributed by atoms with Crippen molar-refractivity contribution >= 4 is 45.6 Å². The third-order valence-electron chi connectivity index (χ3n) is 3.07. The van der Waals surface area contributed by atoms with Crippen molar-refractivity contribution in [2.45, 2.75) is 25.8 Å². The van der Waals surface area contributed by atoms with Gasteiger partial charge in [0.2, 0.25) is 0 Å². The second-order valence-electron chi connectivity index (χ2n) is 4.66. The molecule has 2 heterocycles. The highest BCUT2D eigenvalue weighted by molar-refractivity contribution is 7.09. The Balaban J connectivity index is 2.16. The molecule has 6 heteroatoms. The van der Waals surface area contributed by atoms with Crippen LogP contribution in [-0.2, 0) is 6.54 Å². The summed E-state index contributed by atoms with van der Waals surface area (Å²) in [5, 5.41) is 3.56. The van der Waals surface area contributed by atoms with Gasteiger partial charge in [-0.05, 0) is 26.0 Å². The van der Waals surface area contributed by atoms with Gasteiger partial charge in [-0.1, -0.05) is 17.7 Å². The van der Waals surface area contributed by atoms with E-state index in [0.29, 0.717) is 11.6 Å². The maximum absolute atomic E-state index is 6.26. The number of hydrogen-bond acceptors (Lipinski definition) is 3. The molecule has 0 N–H and O–H groups in total. The number of hydrogen-bond donors (Lipinski definition) is 0. The SMILES string of the molecule is Cc1csc(Cn2c(C(C)Cl)nc3c(Cl)cccc32)n1. The van der Waals surface area contributed by atoms with Crippen molar-refractivity contribution in [2.75, 3.05) is 0 Å². The lowest BCUT2D eigenvalue weighted by molar-refractivity contribution is 0.737. The molecule has 3 rings (SSSR count). The Morgan fingerprint density at radius 2 is 2.15 bits per heavy atom. The second kappa shape index (κ2) is 5.35. The Hall–Kier alpha value is -1.10. The predicted molar refractivity (Wildman–Crippen MR) is 85.0 cm³/mol. The standard InChI is InChI=1S/C14H13Cl2N3S/c1-8-7-20-12(17-8)6-19-11-5-3-4-10(16)13(11)18-14(19)9(2)15/h3-5,7,9H,6H2,1-2H3. The molecule has 3 aromatic rings. The fraction of sp³-hybridized carbons (Fsp3) is 0.286. The number of aromatic nitrogens is 3. The topological polar surface area (TPSA) is 30.7 Å². The minimum Gasteiger partial charge on any atom is -0.320 e. The zero-order valence-electron chi connectivity index (χ0n) is 11.1. The smallest absolute Gasteiger partial charge is 0.128 e. The third-order valence-corrected chi connectivity index (χ3v) is 4.53. The predicted octanol–water partition coefficient (Wildman–Crippen LogP) is 4.80. The highest BCUT2D eigenvalue weighted by atomic mass is 35.5. The molecule has 1 unspecified atom stereocenters. The van der Waals surface area contributed by atoms with Crippen molar-refractivity contribution in [3.8, 4) is 0 Å². The molecular formula is C14H13Cl2N3S. The van der Waals surface area contributed by atoms with Crippen molar-refractivity contribution in [2.24, 2.45) is 0 Å². The first kappa shape index (κ1) is 13.9. The van der Waals surface area contributed by atoms with Crippen LogP contribution in [-0.4, -0.2) is 14.5 Å². The van der Waals surface area contributed by atoms with Gasteiger partial charge in [0.15, 0.2) is 0 Å². The van der Waals surface area contributed by atoms with Crippen LogP contribution in [0, 0.1) is 6.92 Å². The summed E-state index contributed by atoms with van der Waals surface area (Å²) >= 11 is 14.1. The van der Waals surface area contributed by atoms with Gasteiger partial charge in [-0.2, -0.15) is 0 Å². The Labute approximate surface area is 131 Å². The van der Waals surface area contributed by atoms with E-state index in [4.69, 9.17) is 23.2 Å². The quantitative estimate of drug-likeness (QED) is 0.647. The highest BCUT2D eigenvalue weighted by Crippen LogP contribution is 2.29. The van der Waals surface area contributed by atoms with Gasteiger partial charge in [0, 0.05) is 11.1 Å². The lowest BCUT2D eigenvalue weighted by atomic mass is 10.3. The number of benzene rings is 1. The molecule has 0 radical (unpaired) electrons. The number of thiazole rings is 1. The minimum atomic E-state index is -0.181. The Morgan fingerprint density at radius 3 is 2.80 bits per heavy atom. The molecule has 0 aliphatic carbocycles. The highest BCUT2D eigenvalue weighted by Gasteiger charge is 2.17. The summed E-state index contributed by atoms with van der Waals surface area (Å²) in [5.74, 6) is 0.822. The first-order valence-corrected chi connectivity index (χ1v) is 7.95.